The molecule has 4 aromatic rings. The van der Waals surface area contributed by atoms with E-state index in [4.69, 9.17) is 9.47 Å². The van der Waals surface area contributed by atoms with Crippen LogP contribution in [0.4, 0.5) is 5.95 Å². The minimum atomic E-state index is -0.907. The van der Waals surface area contributed by atoms with Gasteiger partial charge in [0.05, 0.1) is 35.4 Å². The van der Waals surface area contributed by atoms with E-state index >= 15 is 0 Å². The molecule has 1 aliphatic rings. The van der Waals surface area contributed by atoms with Gasteiger partial charge < -0.3 is 19.6 Å². The van der Waals surface area contributed by atoms with E-state index in [1.165, 1.54) is 4.90 Å². The van der Waals surface area contributed by atoms with Crippen molar-refractivity contribution >= 4 is 34.4 Å². The molecule has 1 saturated heterocycles. The lowest BCUT2D eigenvalue weighted by Crippen LogP contribution is -2.30. The molecular weight excluding hydrogens is 494 g/mol. The zero-order valence-corrected chi connectivity index (χ0v) is 22.4. The van der Waals surface area contributed by atoms with E-state index in [-0.39, 0.29) is 23.4 Å². The molecule has 0 aliphatic carbocycles. The Bertz CT molecular complexity index is 1540. The number of ether oxygens (including phenoxy) is 2. The van der Waals surface area contributed by atoms with Crippen molar-refractivity contribution in [3.63, 3.8) is 0 Å². The lowest BCUT2D eigenvalue weighted by Gasteiger charge is -2.23. The van der Waals surface area contributed by atoms with Gasteiger partial charge in [0.15, 0.2) is 0 Å². The first-order chi connectivity index (χ1) is 18.8. The van der Waals surface area contributed by atoms with Gasteiger partial charge in [0.2, 0.25) is 5.95 Å². The zero-order chi connectivity index (χ0) is 27.7. The molecule has 2 N–H and O–H groups in total. The Morgan fingerprint density at radius 3 is 2.49 bits per heavy atom. The SMILES string of the molecule is CCCOc1ccc(/C(O)=C2\C(=O)C(=O)N(c3nc4ccccc4[nH]3)C2c2ccc(OC(C)C)cc2)cc1C. The maximum atomic E-state index is 13.5. The number of aliphatic hydroxyl groups is 1. The van der Waals surface area contributed by atoms with Crippen molar-refractivity contribution in [2.24, 2.45) is 0 Å². The molecule has 0 bridgehead atoms. The lowest BCUT2D eigenvalue weighted by atomic mass is 9.94. The number of hydrogen-bond donors (Lipinski definition) is 2. The first-order valence-electron chi connectivity index (χ1n) is 13.0. The number of carbonyl (C=O) groups excluding carboxylic acids is 2. The van der Waals surface area contributed by atoms with Crippen LogP contribution in [0.25, 0.3) is 16.8 Å². The third kappa shape index (κ3) is 4.97. The second-order valence-corrected chi connectivity index (χ2v) is 9.81. The standard InChI is InChI=1S/C31H31N3O5/c1-5-16-38-25-15-12-21(17-19(25)4)28(35)26-27(20-10-13-22(14-11-20)39-18(2)3)34(30(37)29(26)36)31-32-23-8-6-7-9-24(23)33-31/h6-15,17-18,27,35H,5,16H2,1-4H3,(H,32,33)/b28-26+. The van der Waals surface area contributed by atoms with E-state index in [0.29, 0.717) is 34.7 Å². The number of Topliss-reactive ketones (excluding diaryl/α,β-unsaturated/α-hetero) is 1. The number of aliphatic hydroxyl groups excluding tert-OH is 1. The van der Waals surface area contributed by atoms with Crippen LogP contribution in [0.15, 0.2) is 72.3 Å². The summed E-state index contributed by atoms with van der Waals surface area (Å²) in [6.45, 7) is 8.35. The summed E-state index contributed by atoms with van der Waals surface area (Å²) < 4.78 is 11.5. The lowest BCUT2D eigenvalue weighted by molar-refractivity contribution is -0.132. The molecule has 0 radical (unpaired) electrons. The quantitative estimate of drug-likeness (QED) is 0.164. The number of nitrogens with one attached hydrogen (secondary N) is 1. The number of anilines is 1. The number of carbonyl (C=O) groups is 2. The van der Waals surface area contributed by atoms with E-state index in [9.17, 15) is 14.7 Å². The molecule has 1 amide bonds. The zero-order valence-electron chi connectivity index (χ0n) is 22.4. The highest BCUT2D eigenvalue weighted by Gasteiger charge is 2.48. The molecule has 2 heterocycles. The van der Waals surface area contributed by atoms with Crippen LogP contribution in [0.1, 0.15) is 49.9 Å². The third-order valence-electron chi connectivity index (χ3n) is 6.53. The molecule has 1 fully saturated rings. The van der Waals surface area contributed by atoms with Crippen molar-refractivity contribution in [1.82, 2.24) is 9.97 Å². The number of ketones is 1. The van der Waals surface area contributed by atoms with Gasteiger partial charge in [-0.25, -0.2) is 4.98 Å². The number of fused-ring (bicyclic) bond motifs is 1. The van der Waals surface area contributed by atoms with Crippen LogP contribution >= 0.6 is 0 Å². The van der Waals surface area contributed by atoms with E-state index in [1.54, 1.807) is 42.5 Å². The fraction of sp³-hybridized carbons (Fsp3) is 0.258. The van der Waals surface area contributed by atoms with Gasteiger partial charge in [-0.05, 0) is 80.8 Å². The summed E-state index contributed by atoms with van der Waals surface area (Å²) in [4.78, 5) is 36.1. The van der Waals surface area contributed by atoms with Crippen LogP contribution in [0.5, 0.6) is 11.5 Å². The summed E-state index contributed by atoms with van der Waals surface area (Å²) in [5.41, 5.74) is 3.24. The van der Waals surface area contributed by atoms with Crippen LogP contribution in [-0.2, 0) is 9.59 Å². The van der Waals surface area contributed by atoms with Gasteiger partial charge in [0.1, 0.15) is 17.3 Å². The van der Waals surface area contributed by atoms with Gasteiger partial charge >= 0.3 is 5.91 Å². The molecule has 3 aromatic carbocycles. The van der Waals surface area contributed by atoms with Crippen LogP contribution in [0.2, 0.25) is 0 Å². The summed E-state index contributed by atoms with van der Waals surface area (Å²) in [7, 11) is 0. The summed E-state index contributed by atoms with van der Waals surface area (Å²) in [6.07, 6.45) is 0.859. The van der Waals surface area contributed by atoms with Gasteiger partial charge in [0.25, 0.3) is 5.78 Å². The summed E-state index contributed by atoms with van der Waals surface area (Å²) in [5, 5.41) is 11.5. The topological polar surface area (TPSA) is 105 Å². The smallest absolute Gasteiger partial charge is 0.302 e. The van der Waals surface area contributed by atoms with Crippen molar-refractivity contribution in [2.75, 3.05) is 11.5 Å². The number of aromatic nitrogens is 2. The predicted octanol–water partition coefficient (Wildman–Crippen LogP) is 6.07. The molecule has 1 atom stereocenters. The average Bonchev–Trinajstić information content (AvgIpc) is 3.46. The molecule has 8 nitrogen and oxygen atoms in total. The number of hydrogen-bond acceptors (Lipinski definition) is 6. The van der Waals surface area contributed by atoms with Crippen LogP contribution in [0, 0.1) is 6.92 Å². The summed E-state index contributed by atoms with van der Waals surface area (Å²) in [5.74, 6) is -0.234. The Labute approximate surface area is 226 Å². The summed E-state index contributed by atoms with van der Waals surface area (Å²) in [6, 6.07) is 18.9. The van der Waals surface area contributed by atoms with Gasteiger partial charge in [-0.1, -0.05) is 31.2 Å². The van der Waals surface area contributed by atoms with Gasteiger partial charge in [0, 0.05) is 5.56 Å². The number of nitrogens with zero attached hydrogens (tertiary/aromatic N) is 2. The summed E-state index contributed by atoms with van der Waals surface area (Å²) >= 11 is 0. The number of rotatable bonds is 8. The number of para-hydroxylation sites is 2. The first-order valence-corrected chi connectivity index (χ1v) is 13.0. The highest BCUT2D eigenvalue weighted by atomic mass is 16.5. The van der Waals surface area contributed by atoms with Crippen molar-refractivity contribution in [3.8, 4) is 11.5 Å². The number of H-pyrrole nitrogens is 1. The van der Waals surface area contributed by atoms with E-state index in [1.807, 2.05) is 52.0 Å². The highest BCUT2D eigenvalue weighted by molar-refractivity contribution is 6.51. The maximum absolute atomic E-state index is 13.5. The molecule has 1 aromatic heterocycles. The van der Waals surface area contributed by atoms with Gasteiger partial charge in [-0.2, -0.15) is 0 Å². The second-order valence-electron chi connectivity index (χ2n) is 9.81. The number of imidazole rings is 1. The molecular formula is C31H31N3O5. The average molecular weight is 526 g/mol. The Morgan fingerprint density at radius 2 is 1.82 bits per heavy atom. The molecule has 1 aliphatic heterocycles. The monoisotopic (exact) mass is 525 g/mol. The molecule has 1 unspecified atom stereocenters. The first kappa shape index (κ1) is 26.0. The molecule has 5 rings (SSSR count). The van der Waals surface area contributed by atoms with Crippen LogP contribution < -0.4 is 14.4 Å². The molecule has 0 saturated carbocycles. The third-order valence-corrected chi connectivity index (χ3v) is 6.53. The van der Waals surface area contributed by atoms with Crippen molar-refractivity contribution in [2.45, 2.75) is 46.3 Å². The van der Waals surface area contributed by atoms with E-state index < -0.39 is 17.7 Å². The van der Waals surface area contributed by atoms with E-state index in [2.05, 4.69) is 9.97 Å². The predicted molar refractivity (Wildman–Crippen MR) is 150 cm³/mol. The van der Waals surface area contributed by atoms with Crippen molar-refractivity contribution in [1.29, 1.82) is 0 Å². The minimum absolute atomic E-state index is 0.00967. The van der Waals surface area contributed by atoms with Gasteiger partial charge in [-0.15, -0.1) is 0 Å². The Balaban J connectivity index is 1.64. The fourth-order valence-electron chi connectivity index (χ4n) is 4.75. The van der Waals surface area contributed by atoms with Crippen LogP contribution in [0.3, 0.4) is 0 Å². The maximum Gasteiger partial charge on any atom is 0.302 e. The van der Waals surface area contributed by atoms with Crippen molar-refractivity contribution in [3.05, 3.63) is 89.0 Å². The second kappa shape index (κ2) is 10.6. The molecule has 39 heavy (non-hydrogen) atoms. The van der Waals surface area contributed by atoms with E-state index in [0.717, 1.165) is 17.5 Å². The minimum Gasteiger partial charge on any atom is -0.507 e. The molecule has 8 heteroatoms. The number of aryl methyl sites for hydroxylation is 1. The number of amides is 1. The highest BCUT2D eigenvalue weighted by Crippen LogP contribution is 2.42. The van der Waals surface area contributed by atoms with Gasteiger partial charge in [-0.3, -0.25) is 14.5 Å². The Hall–Kier alpha value is -4.59. The largest absolute Gasteiger partial charge is 0.507 e. The number of benzene rings is 3. The molecule has 200 valence electrons. The Morgan fingerprint density at radius 1 is 1.08 bits per heavy atom. The number of aromatic amines is 1. The van der Waals surface area contributed by atoms with Crippen LogP contribution in [-0.4, -0.2) is 39.5 Å². The van der Waals surface area contributed by atoms with Crippen molar-refractivity contribution < 1.29 is 24.2 Å². The molecule has 0 spiro atoms. The Kier molecular flexibility index (Phi) is 7.11. The normalized spacial score (nSPS) is 16.8. The fourth-order valence-corrected chi connectivity index (χ4v) is 4.75.